The summed E-state index contributed by atoms with van der Waals surface area (Å²) in [6.07, 6.45) is -10.1. The lowest BCUT2D eigenvalue weighted by molar-refractivity contribution is -0.271. The Balaban J connectivity index is 2.03. The summed E-state index contributed by atoms with van der Waals surface area (Å²) in [4.78, 5) is 22.5. The lowest BCUT2D eigenvalue weighted by Gasteiger charge is -2.38. The SMILES string of the molecule is Cc1cc(=O)oc2c(F)c(OC3OC(C(=O)O)C(O)C(O)C3O)c(F)cc12. The van der Waals surface area contributed by atoms with Crippen LogP contribution >= 0.6 is 0 Å². The fraction of sp³-hybridized carbons (Fsp3) is 0.375. The predicted octanol–water partition coefficient (Wildman–Crippen LogP) is -0.349. The first-order chi connectivity index (χ1) is 12.6. The van der Waals surface area contributed by atoms with E-state index in [9.17, 15) is 33.7 Å². The Morgan fingerprint density at radius 1 is 1.15 bits per heavy atom. The maximum absolute atomic E-state index is 14.6. The highest BCUT2D eigenvalue weighted by molar-refractivity contribution is 5.82. The number of hydrogen-bond donors (Lipinski definition) is 4. The molecule has 0 amide bonds. The molecule has 1 saturated heterocycles. The Labute approximate surface area is 149 Å². The highest BCUT2D eigenvalue weighted by Crippen LogP contribution is 2.33. The molecule has 9 nitrogen and oxygen atoms in total. The van der Waals surface area contributed by atoms with Gasteiger partial charge in [0.2, 0.25) is 12.1 Å². The van der Waals surface area contributed by atoms with E-state index in [1.807, 2.05) is 0 Å². The van der Waals surface area contributed by atoms with Crippen LogP contribution in [0.15, 0.2) is 21.3 Å². The van der Waals surface area contributed by atoms with E-state index in [2.05, 4.69) is 0 Å². The van der Waals surface area contributed by atoms with Gasteiger partial charge in [-0.15, -0.1) is 0 Å². The Morgan fingerprint density at radius 2 is 1.81 bits per heavy atom. The molecule has 1 aliphatic rings. The van der Waals surface area contributed by atoms with Gasteiger partial charge in [-0.2, -0.15) is 4.39 Å². The van der Waals surface area contributed by atoms with E-state index < -0.39 is 65.3 Å². The summed E-state index contributed by atoms with van der Waals surface area (Å²) >= 11 is 0. The van der Waals surface area contributed by atoms with Crippen molar-refractivity contribution in [3.63, 3.8) is 0 Å². The van der Waals surface area contributed by atoms with Gasteiger partial charge in [-0.1, -0.05) is 0 Å². The van der Waals surface area contributed by atoms with E-state index in [1.54, 1.807) is 0 Å². The number of aryl methyl sites for hydroxylation is 1. The van der Waals surface area contributed by atoms with Gasteiger partial charge in [0.15, 0.2) is 23.3 Å². The van der Waals surface area contributed by atoms with Crippen LogP contribution in [0.1, 0.15) is 5.56 Å². The van der Waals surface area contributed by atoms with Crippen LogP contribution in [0.5, 0.6) is 5.75 Å². The van der Waals surface area contributed by atoms with Crippen LogP contribution in [0.4, 0.5) is 8.78 Å². The number of hydrogen-bond acceptors (Lipinski definition) is 8. The summed E-state index contributed by atoms with van der Waals surface area (Å²) in [5, 5.41) is 38.1. The number of aliphatic hydroxyl groups is 3. The summed E-state index contributed by atoms with van der Waals surface area (Å²) < 4.78 is 43.4. The molecule has 27 heavy (non-hydrogen) atoms. The van der Waals surface area contributed by atoms with E-state index in [0.717, 1.165) is 12.1 Å². The molecule has 0 aliphatic carbocycles. The minimum Gasteiger partial charge on any atom is -0.479 e. The van der Waals surface area contributed by atoms with Gasteiger partial charge in [-0.05, 0) is 18.6 Å². The normalized spacial score (nSPS) is 28.3. The topological polar surface area (TPSA) is 147 Å². The first kappa shape index (κ1) is 19.2. The van der Waals surface area contributed by atoms with Gasteiger partial charge in [-0.3, -0.25) is 0 Å². The van der Waals surface area contributed by atoms with Crippen LogP contribution in [0.3, 0.4) is 0 Å². The zero-order valence-corrected chi connectivity index (χ0v) is 13.6. The number of aliphatic carboxylic acids is 1. The second-order valence-electron chi connectivity index (χ2n) is 5.98. The van der Waals surface area contributed by atoms with Crippen molar-refractivity contribution in [2.24, 2.45) is 0 Å². The molecular formula is C16H14F2O9. The maximum Gasteiger partial charge on any atom is 0.336 e. The van der Waals surface area contributed by atoms with Crippen LogP contribution < -0.4 is 10.4 Å². The third-order valence-corrected chi connectivity index (χ3v) is 4.14. The van der Waals surface area contributed by atoms with Crippen molar-refractivity contribution in [1.29, 1.82) is 0 Å². The molecule has 5 unspecified atom stereocenters. The average Bonchev–Trinajstić information content (AvgIpc) is 2.59. The number of fused-ring (bicyclic) bond motifs is 1. The predicted molar refractivity (Wildman–Crippen MR) is 82.1 cm³/mol. The second kappa shape index (κ2) is 6.85. The van der Waals surface area contributed by atoms with Gasteiger partial charge >= 0.3 is 11.6 Å². The molecule has 146 valence electrons. The van der Waals surface area contributed by atoms with Gasteiger partial charge in [0.05, 0.1) is 0 Å². The molecule has 4 N–H and O–H groups in total. The molecule has 1 aromatic carbocycles. The van der Waals surface area contributed by atoms with Crippen LogP contribution in [0.2, 0.25) is 0 Å². The summed E-state index contributed by atoms with van der Waals surface area (Å²) in [6, 6.07) is 1.85. The van der Waals surface area contributed by atoms with E-state index in [-0.39, 0.29) is 10.9 Å². The van der Waals surface area contributed by atoms with Crippen LogP contribution in [0, 0.1) is 18.6 Å². The number of rotatable bonds is 3. The number of ether oxygens (including phenoxy) is 2. The van der Waals surface area contributed by atoms with Crippen molar-refractivity contribution >= 4 is 16.9 Å². The van der Waals surface area contributed by atoms with Crippen molar-refractivity contribution in [3.05, 3.63) is 39.8 Å². The molecule has 1 aromatic heterocycles. The van der Waals surface area contributed by atoms with Crippen molar-refractivity contribution < 1.29 is 47.9 Å². The number of aliphatic hydroxyl groups excluding tert-OH is 3. The first-order valence-corrected chi connectivity index (χ1v) is 7.63. The molecule has 0 radical (unpaired) electrons. The number of carboxylic acid groups (broad SMARTS) is 1. The van der Waals surface area contributed by atoms with Crippen molar-refractivity contribution in [3.8, 4) is 5.75 Å². The van der Waals surface area contributed by atoms with Crippen LogP contribution in [-0.4, -0.2) is 57.1 Å². The molecule has 11 heteroatoms. The Kier molecular flexibility index (Phi) is 4.86. The second-order valence-corrected chi connectivity index (χ2v) is 5.98. The number of carboxylic acids is 1. The highest BCUT2D eigenvalue weighted by Gasteiger charge is 2.48. The third-order valence-electron chi connectivity index (χ3n) is 4.14. The van der Waals surface area contributed by atoms with Gasteiger partial charge in [0.1, 0.15) is 18.3 Å². The lowest BCUT2D eigenvalue weighted by Crippen LogP contribution is -2.61. The fourth-order valence-corrected chi connectivity index (χ4v) is 2.73. The Bertz CT molecular complexity index is 957. The molecule has 1 aliphatic heterocycles. The molecular weight excluding hydrogens is 374 g/mol. The number of halogens is 2. The first-order valence-electron chi connectivity index (χ1n) is 7.63. The Hall–Kier alpha value is -2.60. The highest BCUT2D eigenvalue weighted by atomic mass is 19.1. The maximum atomic E-state index is 14.6. The quantitative estimate of drug-likeness (QED) is 0.518. The molecule has 0 saturated carbocycles. The van der Waals surface area contributed by atoms with E-state index in [4.69, 9.17) is 19.0 Å². The largest absolute Gasteiger partial charge is 0.479 e. The molecule has 5 atom stereocenters. The summed E-state index contributed by atoms with van der Waals surface area (Å²) in [7, 11) is 0. The number of carbonyl (C=O) groups is 1. The zero-order valence-electron chi connectivity index (χ0n) is 13.6. The van der Waals surface area contributed by atoms with Crippen molar-refractivity contribution in [1.82, 2.24) is 0 Å². The van der Waals surface area contributed by atoms with Gasteiger partial charge in [0.25, 0.3) is 0 Å². The smallest absolute Gasteiger partial charge is 0.336 e. The molecule has 2 heterocycles. The molecule has 0 bridgehead atoms. The van der Waals surface area contributed by atoms with E-state index in [1.165, 1.54) is 6.92 Å². The average molecular weight is 388 g/mol. The minimum atomic E-state index is -2.03. The van der Waals surface area contributed by atoms with Crippen molar-refractivity contribution in [2.45, 2.75) is 37.6 Å². The molecule has 3 rings (SSSR count). The monoisotopic (exact) mass is 388 g/mol. The lowest BCUT2D eigenvalue weighted by atomic mass is 9.99. The van der Waals surface area contributed by atoms with E-state index in [0.29, 0.717) is 0 Å². The van der Waals surface area contributed by atoms with Gasteiger partial charge in [-0.25, -0.2) is 14.0 Å². The summed E-state index contributed by atoms with van der Waals surface area (Å²) in [6.45, 7) is 1.43. The Morgan fingerprint density at radius 3 is 2.44 bits per heavy atom. The standard InChI is InChI=1S/C16H14F2O9/c1-4-2-7(19)25-12-5(4)3-6(17)13(8(12)18)26-16-11(22)9(20)10(21)14(27-16)15(23)24/h2-3,9-11,14,16,20-22H,1H3,(H,23,24). The van der Waals surface area contributed by atoms with E-state index >= 15 is 0 Å². The van der Waals surface area contributed by atoms with Crippen molar-refractivity contribution in [2.75, 3.05) is 0 Å². The van der Waals surface area contributed by atoms with Gasteiger partial charge in [0, 0.05) is 11.5 Å². The molecule has 1 fully saturated rings. The van der Waals surface area contributed by atoms with Gasteiger partial charge < -0.3 is 34.3 Å². The summed E-state index contributed by atoms with van der Waals surface area (Å²) in [5.74, 6) is -5.48. The minimum absolute atomic E-state index is 0.0408. The molecule has 2 aromatic rings. The van der Waals surface area contributed by atoms with Crippen LogP contribution in [0.25, 0.3) is 11.0 Å². The zero-order chi connectivity index (χ0) is 20.0. The molecule has 0 spiro atoms. The summed E-state index contributed by atoms with van der Waals surface area (Å²) in [5.41, 5.74) is -1.27. The fourth-order valence-electron chi connectivity index (χ4n) is 2.73. The van der Waals surface area contributed by atoms with Crippen LogP contribution in [-0.2, 0) is 9.53 Å². The number of benzene rings is 1. The third kappa shape index (κ3) is 3.25.